The smallest absolute Gasteiger partial charge is 0.339 e. The molecule has 0 spiro atoms. The lowest BCUT2D eigenvalue weighted by atomic mass is 10.1. The third kappa shape index (κ3) is 6.40. The number of hydrogen-bond donors (Lipinski definition) is 3. The normalized spacial score (nSPS) is 12.4. The van der Waals surface area contributed by atoms with Crippen molar-refractivity contribution in [3.63, 3.8) is 0 Å². The van der Waals surface area contributed by atoms with Crippen molar-refractivity contribution in [2.24, 2.45) is 0 Å². The first-order valence-corrected chi connectivity index (χ1v) is 10.3. The van der Waals surface area contributed by atoms with E-state index in [1.54, 1.807) is 30.3 Å². The minimum Gasteiger partial charge on any atom is -0.490 e. The lowest BCUT2D eigenvalue weighted by Gasteiger charge is -2.15. The predicted octanol–water partition coefficient (Wildman–Crippen LogP) is 3.83. The zero-order valence-electron chi connectivity index (χ0n) is 14.9. The Labute approximate surface area is 157 Å². The van der Waals surface area contributed by atoms with Crippen molar-refractivity contribution in [1.29, 1.82) is 0 Å². The van der Waals surface area contributed by atoms with Crippen molar-refractivity contribution >= 4 is 13.6 Å². The highest BCUT2D eigenvalue weighted by Gasteiger charge is 2.35. The summed E-state index contributed by atoms with van der Waals surface area (Å²) in [7, 11) is -4.70. The Morgan fingerprint density at radius 1 is 1.11 bits per heavy atom. The van der Waals surface area contributed by atoms with Crippen molar-refractivity contribution in [1.82, 2.24) is 0 Å². The number of aliphatic carboxylic acids is 1. The first-order valence-electron chi connectivity index (χ1n) is 8.58. The third-order valence-corrected chi connectivity index (χ3v) is 5.13. The van der Waals surface area contributed by atoms with Gasteiger partial charge in [0.05, 0.1) is 6.61 Å². The van der Waals surface area contributed by atoms with E-state index in [1.165, 1.54) is 0 Å². The molecule has 27 heavy (non-hydrogen) atoms. The minimum absolute atomic E-state index is 0.167. The van der Waals surface area contributed by atoms with E-state index in [-0.39, 0.29) is 12.8 Å². The Balaban J connectivity index is 2.10. The Kier molecular flexibility index (Phi) is 7.42. The van der Waals surface area contributed by atoms with E-state index in [0.717, 1.165) is 12.0 Å². The van der Waals surface area contributed by atoms with Crippen molar-refractivity contribution in [3.8, 4) is 17.2 Å². The molecular weight excluding hydrogens is 371 g/mol. The molecule has 0 aliphatic rings. The Morgan fingerprint density at radius 3 is 2.44 bits per heavy atom. The van der Waals surface area contributed by atoms with Gasteiger partial charge < -0.3 is 24.4 Å². The van der Waals surface area contributed by atoms with Crippen molar-refractivity contribution in [3.05, 3.63) is 54.1 Å². The van der Waals surface area contributed by atoms with Crippen molar-refractivity contribution < 1.29 is 33.7 Å². The standard InChI is InChI=1S/C19H23O7P/c1-2-12-25-16-8-3-4-9-17(16)26-15-7-5-6-14(13-15)10-11-18(19(20)21)27(22,23)24/h3-9,13,18H,2,10-12H2,1H3,(H,20,21)(H2,22,23,24). The van der Waals surface area contributed by atoms with Gasteiger partial charge in [0.25, 0.3) is 0 Å². The van der Waals surface area contributed by atoms with Crippen LogP contribution in [-0.2, 0) is 15.8 Å². The first-order chi connectivity index (χ1) is 12.8. The zero-order valence-corrected chi connectivity index (χ0v) is 15.8. The molecule has 1 unspecified atom stereocenters. The van der Waals surface area contributed by atoms with E-state index < -0.39 is 19.2 Å². The Bertz CT molecular complexity index is 815. The first kappa shape index (κ1) is 21.0. The van der Waals surface area contributed by atoms with Crippen LogP contribution in [0.25, 0.3) is 0 Å². The molecule has 2 rings (SSSR count). The number of hydrogen-bond acceptors (Lipinski definition) is 4. The average Bonchev–Trinajstić information content (AvgIpc) is 2.60. The molecule has 2 aromatic carbocycles. The van der Waals surface area contributed by atoms with Gasteiger partial charge in [-0.3, -0.25) is 9.36 Å². The van der Waals surface area contributed by atoms with E-state index in [4.69, 9.17) is 24.4 Å². The summed E-state index contributed by atoms with van der Waals surface area (Å²) in [5.74, 6) is 0.208. The monoisotopic (exact) mass is 394 g/mol. The van der Waals surface area contributed by atoms with E-state index in [9.17, 15) is 9.36 Å². The van der Waals surface area contributed by atoms with E-state index in [0.29, 0.717) is 23.9 Å². The number of rotatable bonds is 10. The Hall–Kier alpha value is -2.34. The maximum atomic E-state index is 11.3. The predicted molar refractivity (Wildman–Crippen MR) is 101 cm³/mol. The number of ether oxygens (including phenoxy) is 2. The molecule has 7 nitrogen and oxygen atoms in total. The molecule has 0 saturated carbocycles. The summed E-state index contributed by atoms with van der Waals surface area (Å²) in [4.78, 5) is 29.4. The molecule has 2 aromatic rings. The summed E-state index contributed by atoms with van der Waals surface area (Å²) in [5, 5.41) is 9.01. The summed E-state index contributed by atoms with van der Waals surface area (Å²) in [6.07, 6.45) is 0.903. The fourth-order valence-corrected chi connectivity index (χ4v) is 3.25. The number of carbonyl (C=O) groups is 1. The number of para-hydroxylation sites is 2. The van der Waals surface area contributed by atoms with Gasteiger partial charge in [-0.1, -0.05) is 31.2 Å². The number of carboxylic acid groups (broad SMARTS) is 1. The second kappa shape index (κ2) is 9.55. The Morgan fingerprint density at radius 2 is 1.81 bits per heavy atom. The van der Waals surface area contributed by atoms with Gasteiger partial charge >= 0.3 is 13.6 Å². The fourth-order valence-electron chi connectivity index (χ4n) is 2.50. The molecule has 0 saturated heterocycles. The highest BCUT2D eigenvalue weighted by molar-refractivity contribution is 7.53. The molecule has 0 amide bonds. The van der Waals surface area contributed by atoms with E-state index in [2.05, 4.69) is 0 Å². The summed E-state index contributed by atoms with van der Waals surface area (Å²) in [6, 6.07) is 14.2. The molecule has 8 heteroatoms. The molecule has 0 aromatic heterocycles. The summed E-state index contributed by atoms with van der Waals surface area (Å²) < 4.78 is 22.8. The molecule has 0 heterocycles. The van der Waals surface area contributed by atoms with Crippen LogP contribution in [0.3, 0.4) is 0 Å². The van der Waals surface area contributed by atoms with Crippen LogP contribution in [0.4, 0.5) is 0 Å². The topological polar surface area (TPSA) is 113 Å². The molecule has 0 fully saturated rings. The van der Waals surface area contributed by atoms with Crippen LogP contribution >= 0.6 is 7.60 Å². The average molecular weight is 394 g/mol. The third-order valence-electron chi connectivity index (χ3n) is 3.83. The van der Waals surface area contributed by atoms with Crippen molar-refractivity contribution in [2.75, 3.05) is 6.61 Å². The number of aryl methyl sites for hydroxylation is 1. The SMILES string of the molecule is CCCOc1ccccc1Oc1cccc(CCC(C(=O)O)P(=O)(O)O)c1. The number of carboxylic acids is 1. The summed E-state index contributed by atoms with van der Waals surface area (Å²) in [6.45, 7) is 2.58. The van der Waals surface area contributed by atoms with Gasteiger partial charge in [-0.05, 0) is 49.1 Å². The largest absolute Gasteiger partial charge is 0.490 e. The molecule has 146 valence electrons. The highest BCUT2D eigenvalue weighted by Crippen LogP contribution is 2.43. The van der Waals surface area contributed by atoms with Crippen LogP contribution in [0.5, 0.6) is 17.2 Å². The quantitative estimate of drug-likeness (QED) is 0.525. The van der Waals surface area contributed by atoms with Gasteiger partial charge in [-0.15, -0.1) is 0 Å². The van der Waals surface area contributed by atoms with Gasteiger partial charge in [0.15, 0.2) is 17.2 Å². The van der Waals surface area contributed by atoms with Crippen LogP contribution in [-0.4, -0.2) is 33.1 Å². The second-order valence-corrected chi connectivity index (χ2v) is 7.83. The lowest BCUT2D eigenvalue weighted by Crippen LogP contribution is -2.21. The van der Waals surface area contributed by atoms with Gasteiger partial charge in [0.1, 0.15) is 5.75 Å². The summed E-state index contributed by atoms with van der Waals surface area (Å²) >= 11 is 0. The van der Waals surface area contributed by atoms with Gasteiger partial charge in [0, 0.05) is 0 Å². The van der Waals surface area contributed by atoms with Crippen LogP contribution in [0.1, 0.15) is 25.3 Å². The second-order valence-electron chi connectivity index (χ2n) is 6.03. The van der Waals surface area contributed by atoms with Crippen molar-refractivity contribution in [2.45, 2.75) is 31.8 Å². The fraction of sp³-hybridized carbons (Fsp3) is 0.316. The van der Waals surface area contributed by atoms with Gasteiger partial charge in [-0.2, -0.15) is 0 Å². The van der Waals surface area contributed by atoms with Crippen LogP contribution in [0.15, 0.2) is 48.5 Å². The lowest BCUT2D eigenvalue weighted by molar-refractivity contribution is -0.137. The molecule has 0 aliphatic carbocycles. The van der Waals surface area contributed by atoms with E-state index in [1.807, 2.05) is 25.1 Å². The molecule has 0 aliphatic heterocycles. The highest BCUT2D eigenvalue weighted by atomic mass is 31.2. The maximum Gasteiger partial charge on any atom is 0.339 e. The number of benzene rings is 2. The molecule has 1 atom stereocenters. The maximum absolute atomic E-state index is 11.3. The zero-order chi connectivity index (χ0) is 19.9. The summed E-state index contributed by atoms with van der Waals surface area (Å²) in [5.41, 5.74) is -0.996. The molecule has 3 N–H and O–H groups in total. The minimum atomic E-state index is -4.70. The molecular formula is C19H23O7P. The van der Waals surface area contributed by atoms with E-state index >= 15 is 0 Å². The van der Waals surface area contributed by atoms with Gasteiger partial charge in [0.2, 0.25) is 0 Å². The van der Waals surface area contributed by atoms with Crippen LogP contribution in [0, 0.1) is 0 Å². The molecule has 0 radical (unpaired) electrons. The van der Waals surface area contributed by atoms with Crippen LogP contribution < -0.4 is 9.47 Å². The molecule has 0 bridgehead atoms. The van der Waals surface area contributed by atoms with Gasteiger partial charge in [-0.25, -0.2) is 0 Å². The van der Waals surface area contributed by atoms with Crippen LogP contribution in [0.2, 0.25) is 0 Å².